The highest BCUT2D eigenvalue weighted by atomic mass is 16.5. The van der Waals surface area contributed by atoms with Gasteiger partial charge in [0.1, 0.15) is 0 Å². The molecule has 0 aromatic rings. The van der Waals surface area contributed by atoms with Crippen LogP contribution in [0.5, 0.6) is 0 Å². The van der Waals surface area contributed by atoms with E-state index in [1.807, 2.05) is 20.8 Å². The van der Waals surface area contributed by atoms with E-state index in [2.05, 4.69) is 13.8 Å². The maximum Gasteiger partial charge on any atom is 0.311 e. The van der Waals surface area contributed by atoms with Gasteiger partial charge in [-0.15, -0.1) is 0 Å². The Morgan fingerprint density at radius 1 is 0.724 bits per heavy atom. The predicted molar refractivity (Wildman–Crippen MR) is 121 cm³/mol. The fourth-order valence-corrected chi connectivity index (χ4v) is 3.27. The molecule has 0 fully saturated rings. The molecule has 0 radical (unpaired) electrons. The minimum absolute atomic E-state index is 0.0705. The Bertz CT molecular complexity index is 417. The Labute approximate surface area is 180 Å². The third-order valence-corrected chi connectivity index (χ3v) is 6.03. The molecule has 0 aliphatic rings. The molecule has 4 heteroatoms. The van der Waals surface area contributed by atoms with Crippen molar-refractivity contribution in [1.82, 2.24) is 0 Å². The van der Waals surface area contributed by atoms with E-state index < -0.39 is 5.41 Å². The van der Waals surface area contributed by atoms with Crippen LogP contribution >= 0.6 is 0 Å². The highest BCUT2D eigenvalue weighted by Gasteiger charge is 2.35. The maximum absolute atomic E-state index is 12.5. The van der Waals surface area contributed by atoms with Gasteiger partial charge in [0.2, 0.25) is 0 Å². The highest BCUT2D eigenvalue weighted by Crippen LogP contribution is 2.31. The van der Waals surface area contributed by atoms with Crippen molar-refractivity contribution in [2.45, 2.75) is 125 Å². The standard InChI is InChI=1S/C25H48O4/c1-6-8-10-12-14-16-20-28-23(26)19-18-22(3)25(4,5)24(27)29-21-17-15-13-11-9-7-2/h22H,6-21H2,1-5H3. The van der Waals surface area contributed by atoms with E-state index in [-0.39, 0.29) is 17.9 Å². The summed E-state index contributed by atoms with van der Waals surface area (Å²) in [5.41, 5.74) is -0.582. The second-order valence-electron chi connectivity index (χ2n) is 9.05. The van der Waals surface area contributed by atoms with Gasteiger partial charge in [0.25, 0.3) is 0 Å². The Hall–Kier alpha value is -1.06. The summed E-state index contributed by atoms with van der Waals surface area (Å²) in [6, 6.07) is 0. The van der Waals surface area contributed by atoms with Crippen LogP contribution in [0, 0.1) is 11.3 Å². The Morgan fingerprint density at radius 2 is 1.17 bits per heavy atom. The lowest BCUT2D eigenvalue weighted by atomic mass is 9.77. The molecule has 0 saturated heterocycles. The smallest absolute Gasteiger partial charge is 0.311 e. The van der Waals surface area contributed by atoms with Gasteiger partial charge in [-0.05, 0) is 39.0 Å². The summed E-state index contributed by atoms with van der Waals surface area (Å²) in [5, 5.41) is 0. The molecule has 0 aliphatic heterocycles. The molecule has 0 aromatic carbocycles. The first kappa shape index (κ1) is 27.9. The molecule has 0 rings (SSSR count). The van der Waals surface area contributed by atoms with Crippen LogP contribution in [0.4, 0.5) is 0 Å². The van der Waals surface area contributed by atoms with Crippen LogP contribution in [0.3, 0.4) is 0 Å². The molecular formula is C25H48O4. The van der Waals surface area contributed by atoms with Crippen LogP contribution < -0.4 is 0 Å². The quantitative estimate of drug-likeness (QED) is 0.166. The average molecular weight is 413 g/mol. The first-order valence-electron chi connectivity index (χ1n) is 12.2. The first-order chi connectivity index (χ1) is 13.9. The molecular weight excluding hydrogens is 364 g/mol. The van der Waals surface area contributed by atoms with E-state index in [4.69, 9.17) is 9.47 Å². The van der Waals surface area contributed by atoms with E-state index in [0.717, 1.165) is 25.7 Å². The topological polar surface area (TPSA) is 52.6 Å². The number of ether oxygens (including phenoxy) is 2. The fourth-order valence-electron chi connectivity index (χ4n) is 3.27. The summed E-state index contributed by atoms with van der Waals surface area (Å²) in [6.45, 7) is 11.3. The summed E-state index contributed by atoms with van der Waals surface area (Å²) in [7, 11) is 0. The summed E-state index contributed by atoms with van der Waals surface area (Å²) in [5.74, 6) is -0.234. The molecule has 0 aliphatic carbocycles. The van der Waals surface area contributed by atoms with E-state index in [9.17, 15) is 9.59 Å². The number of carbonyl (C=O) groups excluding carboxylic acids is 2. The van der Waals surface area contributed by atoms with Gasteiger partial charge in [0.05, 0.1) is 18.6 Å². The Kier molecular flexibility index (Phi) is 17.1. The van der Waals surface area contributed by atoms with Gasteiger partial charge in [0, 0.05) is 6.42 Å². The minimum Gasteiger partial charge on any atom is -0.466 e. The largest absolute Gasteiger partial charge is 0.466 e. The zero-order valence-electron chi connectivity index (χ0n) is 20.0. The van der Waals surface area contributed by atoms with E-state index >= 15 is 0 Å². The van der Waals surface area contributed by atoms with Crippen molar-refractivity contribution in [2.24, 2.45) is 11.3 Å². The summed E-state index contributed by atoms with van der Waals surface area (Å²) in [6.07, 6.45) is 15.2. The zero-order chi connectivity index (χ0) is 22.0. The van der Waals surface area contributed by atoms with Crippen LogP contribution in [-0.2, 0) is 19.1 Å². The van der Waals surface area contributed by atoms with Crippen LogP contribution in [0.25, 0.3) is 0 Å². The Balaban J connectivity index is 3.90. The van der Waals surface area contributed by atoms with Gasteiger partial charge in [-0.3, -0.25) is 9.59 Å². The summed E-state index contributed by atoms with van der Waals surface area (Å²) < 4.78 is 10.8. The van der Waals surface area contributed by atoms with Crippen LogP contribution in [0.1, 0.15) is 125 Å². The molecule has 0 spiro atoms. The molecule has 4 nitrogen and oxygen atoms in total. The lowest BCUT2D eigenvalue weighted by Crippen LogP contribution is -2.34. The molecule has 0 bridgehead atoms. The lowest BCUT2D eigenvalue weighted by Gasteiger charge is -2.29. The van der Waals surface area contributed by atoms with Crippen molar-refractivity contribution in [1.29, 1.82) is 0 Å². The number of hydrogen-bond acceptors (Lipinski definition) is 4. The average Bonchev–Trinajstić information content (AvgIpc) is 2.70. The van der Waals surface area contributed by atoms with Gasteiger partial charge in [-0.2, -0.15) is 0 Å². The van der Waals surface area contributed by atoms with Gasteiger partial charge in [-0.1, -0.05) is 85.0 Å². The molecule has 0 amide bonds. The third-order valence-electron chi connectivity index (χ3n) is 6.03. The third kappa shape index (κ3) is 14.5. The minimum atomic E-state index is -0.582. The maximum atomic E-state index is 12.5. The van der Waals surface area contributed by atoms with Crippen LogP contribution in [0.2, 0.25) is 0 Å². The molecule has 0 N–H and O–H groups in total. The van der Waals surface area contributed by atoms with Gasteiger partial charge in [-0.25, -0.2) is 0 Å². The molecule has 29 heavy (non-hydrogen) atoms. The summed E-state index contributed by atoms with van der Waals surface area (Å²) >= 11 is 0. The highest BCUT2D eigenvalue weighted by molar-refractivity contribution is 5.76. The number of carbonyl (C=O) groups is 2. The van der Waals surface area contributed by atoms with E-state index in [1.165, 1.54) is 51.4 Å². The second kappa shape index (κ2) is 17.8. The first-order valence-corrected chi connectivity index (χ1v) is 12.2. The normalized spacial score (nSPS) is 12.6. The van der Waals surface area contributed by atoms with Gasteiger partial charge >= 0.3 is 11.9 Å². The molecule has 1 atom stereocenters. The number of esters is 2. The molecule has 0 heterocycles. The number of hydrogen-bond donors (Lipinski definition) is 0. The lowest BCUT2D eigenvalue weighted by molar-refractivity contribution is -0.158. The van der Waals surface area contributed by atoms with E-state index in [0.29, 0.717) is 26.1 Å². The summed E-state index contributed by atoms with van der Waals surface area (Å²) in [4.78, 5) is 24.4. The van der Waals surface area contributed by atoms with Gasteiger partial charge in [0.15, 0.2) is 0 Å². The van der Waals surface area contributed by atoms with Gasteiger partial charge < -0.3 is 9.47 Å². The van der Waals surface area contributed by atoms with Crippen molar-refractivity contribution < 1.29 is 19.1 Å². The Morgan fingerprint density at radius 3 is 1.69 bits per heavy atom. The SMILES string of the molecule is CCCCCCCCOC(=O)CCC(C)C(C)(C)C(=O)OCCCCCCCC. The van der Waals surface area contributed by atoms with Crippen molar-refractivity contribution in [3.05, 3.63) is 0 Å². The van der Waals surface area contributed by atoms with Crippen LogP contribution in [-0.4, -0.2) is 25.2 Å². The molecule has 172 valence electrons. The predicted octanol–water partition coefficient (Wildman–Crippen LogP) is 7.24. The van der Waals surface area contributed by atoms with E-state index in [1.54, 1.807) is 0 Å². The fraction of sp³-hybridized carbons (Fsp3) is 0.920. The second-order valence-corrected chi connectivity index (χ2v) is 9.05. The molecule has 1 unspecified atom stereocenters. The van der Waals surface area contributed by atoms with Crippen molar-refractivity contribution in [3.63, 3.8) is 0 Å². The monoisotopic (exact) mass is 412 g/mol. The van der Waals surface area contributed by atoms with Crippen LogP contribution in [0.15, 0.2) is 0 Å². The van der Waals surface area contributed by atoms with Crippen molar-refractivity contribution in [2.75, 3.05) is 13.2 Å². The molecule has 0 saturated carbocycles. The number of unbranched alkanes of at least 4 members (excludes halogenated alkanes) is 10. The number of rotatable bonds is 19. The van der Waals surface area contributed by atoms with Crippen molar-refractivity contribution in [3.8, 4) is 0 Å². The van der Waals surface area contributed by atoms with Crippen molar-refractivity contribution >= 4 is 11.9 Å². The molecule has 0 aromatic heterocycles. The zero-order valence-corrected chi connectivity index (χ0v) is 20.0.